The van der Waals surface area contributed by atoms with E-state index >= 15 is 0 Å². The summed E-state index contributed by atoms with van der Waals surface area (Å²) in [4.78, 5) is 2.16. The van der Waals surface area contributed by atoms with Crippen molar-refractivity contribution in [1.82, 2.24) is 0 Å². The fourth-order valence-corrected chi connectivity index (χ4v) is 2.71. The highest BCUT2D eigenvalue weighted by Crippen LogP contribution is 2.30. The number of morpholine rings is 1. The molecule has 1 aromatic rings. The Morgan fingerprint density at radius 3 is 2.84 bits per heavy atom. The van der Waals surface area contributed by atoms with Crippen molar-refractivity contribution in [3.05, 3.63) is 28.8 Å². The van der Waals surface area contributed by atoms with Gasteiger partial charge in [-0.1, -0.05) is 17.7 Å². The van der Waals surface area contributed by atoms with E-state index in [1.807, 2.05) is 32.0 Å². The minimum Gasteiger partial charge on any atom is -0.394 e. The van der Waals surface area contributed by atoms with Crippen LogP contribution in [0.25, 0.3) is 0 Å². The highest BCUT2D eigenvalue weighted by molar-refractivity contribution is 6.33. The predicted molar refractivity (Wildman–Crippen MR) is 77.7 cm³/mol. The molecule has 106 valence electrons. The number of benzene rings is 1. The van der Waals surface area contributed by atoms with Gasteiger partial charge in [-0.15, -0.1) is 0 Å². The van der Waals surface area contributed by atoms with Gasteiger partial charge in [-0.05, 0) is 31.5 Å². The third kappa shape index (κ3) is 3.39. The average Bonchev–Trinajstić information content (AvgIpc) is 2.37. The predicted octanol–water partition coefficient (Wildman–Crippen LogP) is 1.95. The van der Waals surface area contributed by atoms with Gasteiger partial charge in [0.1, 0.15) is 0 Å². The molecule has 5 heteroatoms. The van der Waals surface area contributed by atoms with E-state index in [4.69, 9.17) is 22.1 Å². The second kappa shape index (κ2) is 6.09. The third-order valence-corrected chi connectivity index (χ3v) is 3.67. The molecule has 2 unspecified atom stereocenters. The molecule has 4 nitrogen and oxygen atoms in total. The molecule has 1 heterocycles. The SMILES string of the molecule is CC1CN(c2ccc([C@H](C)N)cc2Cl)CC(CO)O1. The van der Waals surface area contributed by atoms with Crippen LogP contribution in [0.3, 0.4) is 0 Å². The van der Waals surface area contributed by atoms with E-state index < -0.39 is 0 Å². The molecule has 1 aliphatic rings. The van der Waals surface area contributed by atoms with Gasteiger partial charge in [-0.3, -0.25) is 0 Å². The quantitative estimate of drug-likeness (QED) is 0.891. The Morgan fingerprint density at radius 1 is 1.53 bits per heavy atom. The van der Waals surface area contributed by atoms with E-state index in [9.17, 15) is 5.11 Å². The summed E-state index contributed by atoms with van der Waals surface area (Å²) in [6.45, 7) is 5.38. The van der Waals surface area contributed by atoms with Crippen LogP contribution in [0, 0.1) is 0 Å². The molecule has 0 bridgehead atoms. The lowest BCUT2D eigenvalue weighted by Gasteiger charge is -2.38. The largest absolute Gasteiger partial charge is 0.394 e. The molecule has 3 N–H and O–H groups in total. The maximum Gasteiger partial charge on any atom is 0.0984 e. The van der Waals surface area contributed by atoms with Crippen LogP contribution < -0.4 is 10.6 Å². The Labute approximate surface area is 119 Å². The molecular formula is C14H21ClN2O2. The minimum atomic E-state index is -0.159. The molecule has 1 fully saturated rings. The summed E-state index contributed by atoms with van der Waals surface area (Å²) in [6.07, 6.45) is -0.0806. The zero-order valence-electron chi connectivity index (χ0n) is 11.3. The summed E-state index contributed by atoms with van der Waals surface area (Å²) in [7, 11) is 0. The first kappa shape index (κ1) is 14.6. The van der Waals surface area contributed by atoms with Gasteiger partial charge in [0.05, 0.1) is 29.5 Å². The molecule has 2 rings (SSSR count). The number of nitrogens with two attached hydrogens (primary N) is 1. The molecular weight excluding hydrogens is 264 g/mol. The van der Waals surface area contributed by atoms with Crippen LogP contribution >= 0.6 is 11.6 Å². The number of hydrogen-bond donors (Lipinski definition) is 2. The smallest absolute Gasteiger partial charge is 0.0984 e. The molecule has 0 amide bonds. The summed E-state index contributed by atoms with van der Waals surface area (Å²) >= 11 is 6.34. The van der Waals surface area contributed by atoms with Crippen LogP contribution in [0.4, 0.5) is 5.69 Å². The molecule has 0 spiro atoms. The molecule has 0 aliphatic carbocycles. The number of nitrogens with zero attached hydrogens (tertiary/aromatic N) is 1. The van der Waals surface area contributed by atoms with Crippen molar-refractivity contribution in [1.29, 1.82) is 0 Å². The van der Waals surface area contributed by atoms with Crippen LogP contribution in [-0.4, -0.2) is 37.0 Å². The maximum absolute atomic E-state index is 9.26. The molecule has 1 aliphatic heterocycles. The van der Waals surface area contributed by atoms with Crippen LogP contribution in [0.1, 0.15) is 25.5 Å². The Hall–Kier alpha value is -0.810. The lowest BCUT2D eigenvalue weighted by molar-refractivity contribution is -0.0421. The van der Waals surface area contributed by atoms with E-state index in [2.05, 4.69) is 4.90 Å². The third-order valence-electron chi connectivity index (χ3n) is 3.37. The van der Waals surface area contributed by atoms with Gasteiger partial charge in [0.2, 0.25) is 0 Å². The van der Waals surface area contributed by atoms with Gasteiger partial charge in [0.25, 0.3) is 0 Å². The van der Waals surface area contributed by atoms with Gasteiger partial charge < -0.3 is 20.5 Å². The van der Waals surface area contributed by atoms with Crippen molar-refractivity contribution in [2.75, 3.05) is 24.6 Å². The minimum absolute atomic E-state index is 0.0242. The summed E-state index contributed by atoms with van der Waals surface area (Å²) in [5.74, 6) is 0. The Kier molecular flexibility index (Phi) is 4.68. The van der Waals surface area contributed by atoms with E-state index in [1.54, 1.807) is 0 Å². The monoisotopic (exact) mass is 284 g/mol. The molecule has 0 saturated carbocycles. The lowest BCUT2D eigenvalue weighted by Crippen LogP contribution is -2.48. The molecule has 0 aromatic heterocycles. The molecule has 1 saturated heterocycles. The van der Waals surface area contributed by atoms with Crippen molar-refractivity contribution in [2.24, 2.45) is 5.73 Å². The van der Waals surface area contributed by atoms with Gasteiger partial charge in [0, 0.05) is 19.1 Å². The number of aliphatic hydroxyl groups excluding tert-OH is 1. The fourth-order valence-electron chi connectivity index (χ4n) is 2.41. The Bertz CT molecular complexity index is 439. The molecule has 0 radical (unpaired) electrons. The van der Waals surface area contributed by atoms with Crippen LogP contribution in [-0.2, 0) is 4.74 Å². The maximum atomic E-state index is 9.26. The first-order valence-corrected chi connectivity index (χ1v) is 6.95. The normalized spacial score (nSPS) is 25.4. The number of halogens is 1. The van der Waals surface area contributed by atoms with Crippen molar-refractivity contribution < 1.29 is 9.84 Å². The number of rotatable bonds is 3. The van der Waals surface area contributed by atoms with E-state index in [1.165, 1.54) is 0 Å². The van der Waals surface area contributed by atoms with Gasteiger partial charge in [0.15, 0.2) is 0 Å². The Balaban J connectivity index is 2.21. The van der Waals surface area contributed by atoms with Crippen molar-refractivity contribution in [2.45, 2.75) is 32.1 Å². The molecule has 3 atom stereocenters. The second-order valence-electron chi connectivity index (χ2n) is 5.16. The molecule has 1 aromatic carbocycles. The summed E-state index contributed by atoms with van der Waals surface area (Å²) in [5.41, 5.74) is 7.85. The second-order valence-corrected chi connectivity index (χ2v) is 5.56. The van der Waals surface area contributed by atoms with Crippen molar-refractivity contribution >= 4 is 17.3 Å². The molecule has 19 heavy (non-hydrogen) atoms. The van der Waals surface area contributed by atoms with Crippen LogP contribution in [0.15, 0.2) is 18.2 Å². The van der Waals surface area contributed by atoms with Crippen LogP contribution in [0.2, 0.25) is 5.02 Å². The van der Waals surface area contributed by atoms with E-state index in [-0.39, 0.29) is 24.9 Å². The first-order valence-electron chi connectivity index (χ1n) is 6.57. The fraction of sp³-hybridized carbons (Fsp3) is 0.571. The van der Waals surface area contributed by atoms with Crippen LogP contribution in [0.5, 0.6) is 0 Å². The highest BCUT2D eigenvalue weighted by atomic mass is 35.5. The zero-order chi connectivity index (χ0) is 14.0. The summed E-state index contributed by atoms with van der Waals surface area (Å²) in [6, 6.07) is 5.88. The summed E-state index contributed by atoms with van der Waals surface area (Å²) < 4.78 is 5.63. The van der Waals surface area contributed by atoms with Crippen molar-refractivity contribution in [3.63, 3.8) is 0 Å². The first-order chi connectivity index (χ1) is 9.01. The lowest BCUT2D eigenvalue weighted by atomic mass is 10.1. The number of ether oxygens (including phenoxy) is 1. The van der Waals surface area contributed by atoms with Crippen molar-refractivity contribution in [3.8, 4) is 0 Å². The standard InChI is InChI=1S/C14H21ClN2O2/c1-9-6-17(7-12(8-18)19-9)14-4-3-11(10(2)16)5-13(14)15/h3-5,9-10,12,18H,6-8,16H2,1-2H3/t9?,10-,12?/m0/s1. The average molecular weight is 285 g/mol. The van der Waals surface area contributed by atoms with Gasteiger partial charge >= 0.3 is 0 Å². The van der Waals surface area contributed by atoms with E-state index in [0.717, 1.165) is 17.8 Å². The number of hydrogen-bond acceptors (Lipinski definition) is 4. The van der Waals surface area contributed by atoms with Gasteiger partial charge in [-0.25, -0.2) is 0 Å². The number of aliphatic hydroxyl groups is 1. The topological polar surface area (TPSA) is 58.7 Å². The van der Waals surface area contributed by atoms with Gasteiger partial charge in [-0.2, -0.15) is 0 Å². The summed E-state index contributed by atoms with van der Waals surface area (Å²) in [5, 5.41) is 9.95. The number of anilines is 1. The zero-order valence-corrected chi connectivity index (χ0v) is 12.1. The van der Waals surface area contributed by atoms with E-state index in [0.29, 0.717) is 11.6 Å². The highest BCUT2D eigenvalue weighted by Gasteiger charge is 2.26. The Morgan fingerprint density at radius 2 is 2.26 bits per heavy atom.